The Labute approximate surface area is 100 Å². The van der Waals surface area contributed by atoms with Gasteiger partial charge in [-0.15, -0.1) is 0 Å². The third kappa shape index (κ3) is 4.96. The number of hydrogen-bond donors (Lipinski definition) is 1. The first-order valence-electron chi connectivity index (χ1n) is 6.26. The molecule has 2 rings (SSSR count). The summed E-state index contributed by atoms with van der Waals surface area (Å²) in [6, 6.07) is 6.13. The molecule has 2 heteroatoms. The van der Waals surface area contributed by atoms with Gasteiger partial charge in [-0.25, -0.2) is 0 Å². The van der Waals surface area contributed by atoms with E-state index in [1.54, 1.807) is 0 Å². The summed E-state index contributed by atoms with van der Waals surface area (Å²) in [5, 5.41) is 8.06. The van der Waals surface area contributed by atoms with Gasteiger partial charge in [-0.1, -0.05) is 53.7 Å². The molecule has 1 N–H and O–H groups in total. The molecule has 2 aromatic rings. The molecule has 0 saturated carbocycles. The summed E-state index contributed by atoms with van der Waals surface area (Å²) in [4.78, 5) is 0. The second kappa shape index (κ2) is 11.8. The van der Waals surface area contributed by atoms with Crippen LogP contribution in [0, 0.1) is 6.92 Å². The van der Waals surface area contributed by atoms with E-state index in [1.165, 1.54) is 10.9 Å². The number of aromatic amines is 1. The van der Waals surface area contributed by atoms with E-state index in [2.05, 4.69) is 23.2 Å². The summed E-state index contributed by atoms with van der Waals surface area (Å²) in [6.45, 7) is 14.1. The lowest BCUT2D eigenvalue weighted by Gasteiger charge is -1.90. The number of benzene rings is 1. The van der Waals surface area contributed by atoms with E-state index in [9.17, 15) is 0 Å². The molecule has 0 spiro atoms. The lowest BCUT2D eigenvalue weighted by Crippen LogP contribution is -1.71. The maximum absolute atomic E-state index is 3.94. The van der Waals surface area contributed by atoms with E-state index in [0.717, 1.165) is 5.52 Å². The first kappa shape index (κ1) is 17.1. The Kier molecular flexibility index (Phi) is 12.6. The van der Waals surface area contributed by atoms with E-state index in [4.69, 9.17) is 0 Å². The lowest BCUT2D eigenvalue weighted by molar-refractivity contribution is 1.12. The molecule has 0 aliphatic carbocycles. The fraction of sp³-hybridized carbons (Fsp3) is 0.500. The number of nitrogens with one attached hydrogen (secondary N) is 1. The molecular formula is C14H26N2. The number of nitrogens with zero attached hydrogens (tertiary/aromatic N) is 1. The largest absolute Gasteiger partial charge is 0.278 e. The van der Waals surface area contributed by atoms with Crippen molar-refractivity contribution >= 4 is 10.9 Å². The second-order valence-electron chi connectivity index (χ2n) is 2.41. The predicted octanol–water partition coefficient (Wildman–Crippen LogP) is 4.95. The van der Waals surface area contributed by atoms with Gasteiger partial charge in [0.15, 0.2) is 0 Å². The van der Waals surface area contributed by atoms with Crippen molar-refractivity contribution in [2.24, 2.45) is 0 Å². The van der Waals surface area contributed by atoms with Crippen molar-refractivity contribution in [3.05, 3.63) is 30.0 Å². The van der Waals surface area contributed by atoms with Crippen molar-refractivity contribution in [1.29, 1.82) is 0 Å². The highest BCUT2D eigenvalue weighted by Crippen LogP contribution is 2.13. The van der Waals surface area contributed by atoms with Crippen molar-refractivity contribution in [3.63, 3.8) is 0 Å². The van der Waals surface area contributed by atoms with Crippen LogP contribution in [0.5, 0.6) is 0 Å². The third-order valence-corrected chi connectivity index (χ3v) is 1.70. The number of aromatic nitrogens is 2. The van der Waals surface area contributed by atoms with Crippen molar-refractivity contribution in [3.8, 4) is 0 Å². The van der Waals surface area contributed by atoms with Gasteiger partial charge in [0, 0.05) is 5.39 Å². The van der Waals surface area contributed by atoms with Gasteiger partial charge in [-0.3, -0.25) is 5.10 Å². The van der Waals surface area contributed by atoms with Gasteiger partial charge in [-0.05, 0) is 18.6 Å². The van der Waals surface area contributed by atoms with Crippen LogP contribution in [0.25, 0.3) is 10.9 Å². The maximum atomic E-state index is 3.94. The van der Waals surface area contributed by atoms with Crippen molar-refractivity contribution in [2.45, 2.75) is 48.5 Å². The molecule has 1 heterocycles. The van der Waals surface area contributed by atoms with Gasteiger partial charge >= 0.3 is 0 Å². The zero-order chi connectivity index (χ0) is 13.0. The SMILES string of the molecule is CC.CC.CC.Cc1cccc2[nH]ncc12. The zero-order valence-electron chi connectivity index (χ0n) is 11.8. The first-order valence-corrected chi connectivity index (χ1v) is 6.26. The van der Waals surface area contributed by atoms with Crippen LogP contribution < -0.4 is 0 Å². The van der Waals surface area contributed by atoms with E-state index in [1.807, 2.05) is 59.9 Å². The molecule has 0 atom stereocenters. The third-order valence-electron chi connectivity index (χ3n) is 1.70. The molecule has 0 bridgehead atoms. The number of fused-ring (bicyclic) bond motifs is 1. The van der Waals surface area contributed by atoms with E-state index in [0.29, 0.717) is 0 Å². The van der Waals surface area contributed by atoms with E-state index >= 15 is 0 Å². The molecule has 0 saturated heterocycles. The van der Waals surface area contributed by atoms with Crippen LogP contribution >= 0.6 is 0 Å². The molecular weight excluding hydrogens is 196 g/mol. The van der Waals surface area contributed by atoms with E-state index < -0.39 is 0 Å². The fourth-order valence-electron chi connectivity index (χ4n) is 1.12. The minimum absolute atomic E-state index is 1.11. The average Bonchev–Trinajstić information content (AvgIpc) is 2.87. The predicted molar refractivity (Wildman–Crippen MR) is 74.9 cm³/mol. The summed E-state index contributed by atoms with van der Waals surface area (Å²) in [7, 11) is 0. The van der Waals surface area contributed by atoms with Gasteiger partial charge in [-0.2, -0.15) is 5.10 Å². The zero-order valence-corrected chi connectivity index (χ0v) is 11.8. The smallest absolute Gasteiger partial charge is 0.0652 e. The monoisotopic (exact) mass is 222 g/mol. The summed E-state index contributed by atoms with van der Waals surface area (Å²) < 4.78 is 0. The molecule has 1 aromatic heterocycles. The summed E-state index contributed by atoms with van der Waals surface area (Å²) in [5.41, 5.74) is 2.38. The Bertz CT molecular complexity index is 350. The van der Waals surface area contributed by atoms with Crippen molar-refractivity contribution in [1.82, 2.24) is 10.2 Å². The Balaban J connectivity index is 0. The van der Waals surface area contributed by atoms with Gasteiger partial charge in [0.25, 0.3) is 0 Å². The van der Waals surface area contributed by atoms with Crippen LogP contribution in [-0.2, 0) is 0 Å². The Morgan fingerprint density at radius 2 is 1.50 bits per heavy atom. The Morgan fingerprint density at radius 3 is 2.00 bits per heavy atom. The number of rotatable bonds is 0. The van der Waals surface area contributed by atoms with Gasteiger partial charge in [0.1, 0.15) is 0 Å². The average molecular weight is 222 g/mol. The molecule has 0 aliphatic heterocycles. The molecule has 2 nitrogen and oxygen atoms in total. The number of hydrogen-bond acceptors (Lipinski definition) is 1. The molecule has 0 radical (unpaired) electrons. The maximum Gasteiger partial charge on any atom is 0.0652 e. The minimum Gasteiger partial charge on any atom is -0.278 e. The fourth-order valence-corrected chi connectivity index (χ4v) is 1.12. The number of H-pyrrole nitrogens is 1. The molecule has 16 heavy (non-hydrogen) atoms. The normalized spacial score (nSPS) is 7.69. The van der Waals surface area contributed by atoms with Crippen molar-refractivity contribution < 1.29 is 0 Å². The molecule has 0 aliphatic rings. The standard InChI is InChI=1S/C8H8N2.3C2H6/c1-6-3-2-4-8-7(6)5-9-10-8;3*1-2/h2-5H,1H3,(H,9,10);3*1-2H3. The molecule has 1 aromatic carbocycles. The Hall–Kier alpha value is -1.31. The van der Waals surface area contributed by atoms with Crippen LogP contribution in [0.15, 0.2) is 24.4 Å². The van der Waals surface area contributed by atoms with Gasteiger partial charge in [0.05, 0.1) is 11.7 Å². The van der Waals surface area contributed by atoms with Crippen LogP contribution in [0.1, 0.15) is 47.1 Å². The van der Waals surface area contributed by atoms with Crippen LogP contribution in [0.4, 0.5) is 0 Å². The van der Waals surface area contributed by atoms with Crippen LogP contribution in [0.3, 0.4) is 0 Å². The van der Waals surface area contributed by atoms with E-state index in [-0.39, 0.29) is 0 Å². The molecule has 0 amide bonds. The van der Waals surface area contributed by atoms with Crippen LogP contribution in [-0.4, -0.2) is 10.2 Å². The van der Waals surface area contributed by atoms with Gasteiger partial charge in [0.2, 0.25) is 0 Å². The molecule has 0 fully saturated rings. The Morgan fingerprint density at radius 1 is 0.938 bits per heavy atom. The summed E-state index contributed by atoms with van der Waals surface area (Å²) in [5.74, 6) is 0. The molecule has 0 unspecified atom stereocenters. The van der Waals surface area contributed by atoms with Crippen LogP contribution in [0.2, 0.25) is 0 Å². The summed E-state index contributed by atoms with van der Waals surface area (Å²) in [6.07, 6.45) is 1.85. The van der Waals surface area contributed by atoms with Gasteiger partial charge < -0.3 is 0 Å². The first-order chi connectivity index (χ1) is 7.88. The molecule has 92 valence electrons. The minimum atomic E-state index is 1.11. The highest BCUT2D eigenvalue weighted by Gasteiger charge is 1.94. The lowest BCUT2D eigenvalue weighted by atomic mass is 10.2. The quantitative estimate of drug-likeness (QED) is 0.671. The highest BCUT2D eigenvalue weighted by molar-refractivity contribution is 5.81. The second-order valence-corrected chi connectivity index (χ2v) is 2.41. The topological polar surface area (TPSA) is 28.7 Å². The summed E-state index contributed by atoms with van der Waals surface area (Å²) >= 11 is 0. The highest BCUT2D eigenvalue weighted by atomic mass is 15.1. The van der Waals surface area contributed by atoms with Crippen molar-refractivity contribution in [2.75, 3.05) is 0 Å². The number of aryl methyl sites for hydroxylation is 1.